The second-order valence-corrected chi connectivity index (χ2v) is 4.18. The predicted molar refractivity (Wildman–Crippen MR) is 51.0 cm³/mol. The van der Waals surface area contributed by atoms with E-state index >= 15 is 0 Å². The highest BCUT2D eigenvalue weighted by Crippen LogP contribution is 2.31. The third-order valence-electron chi connectivity index (χ3n) is 2.64. The summed E-state index contributed by atoms with van der Waals surface area (Å²) in [6.45, 7) is 5.99. The SMILES string of the molecule is CC1=CCC(C(C)(C)O)CC1.O. The number of hydrogen-bond donors (Lipinski definition) is 1. The lowest BCUT2D eigenvalue weighted by molar-refractivity contribution is 0.0126. The lowest BCUT2D eigenvalue weighted by Crippen LogP contribution is -2.31. The standard InChI is InChI=1S/C10H18O.H2O/c1-8-4-6-9(7-5-8)10(2,3)11;/h4,9,11H,5-7H2,1-3H3;1H2. The van der Waals surface area contributed by atoms with Gasteiger partial charge < -0.3 is 10.6 Å². The summed E-state index contributed by atoms with van der Waals surface area (Å²) in [4.78, 5) is 0. The minimum absolute atomic E-state index is 0. The number of hydrogen-bond acceptors (Lipinski definition) is 1. The summed E-state index contributed by atoms with van der Waals surface area (Å²) in [5, 5.41) is 9.70. The minimum atomic E-state index is -0.489. The molecule has 0 heterocycles. The topological polar surface area (TPSA) is 51.7 Å². The highest BCUT2D eigenvalue weighted by Gasteiger charge is 2.27. The normalized spacial score (nSPS) is 24.3. The van der Waals surface area contributed by atoms with Crippen molar-refractivity contribution < 1.29 is 10.6 Å². The third kappa shape index (κ3) is 2.95. The van der Waals surface area contributed by atoms with Crippen molar-refractivity contribution in [3.05, 3.63) is 11.6 Å². The molecule has 2 heteroatoms. The van der Waals surface area contributed by atoms with Gasteiger partial charge in [-0.2, -0.15) is 0 Å². The summed E-state index contributed by atoms with van der Waals surface area (Å²) in [7, 11) is 0. The van der Waals surface area contributed by atoms with Crippen LogP contribution in [0, 0.1) is 5.92 Å². The van der Waals surface area contributed by atoms with Gasteiger partial charge in [-0.3, -0.25) is 0 Å². The van der Waals surface area contributed by atoms with Gasteiger partial charge in [0.1, 0.15) is 0 Å². The van der Waals surface area contributed by atoms with Crippen molar-refractivity contribution in [1.82, 2.24) is 0 Å². The fourth-order valence-electron chi connectivity index (χ4n) is 1.61. The number of aliphatic hydroxyl groups is 1. The van der Waals surface area contributed by atoms with Crippen molar-refractivity contribution in [2.45, 2.75) is 45.6 Å². The smallest absolute Gasteiger partial charge is 0.0622 e. The van der Waals surface area contributed by atoms with Crippen molar-refractivity contribution >= 4 is 0 Å². The zero-order valence-corrected chi connectivity index (χ0v) is 8.22. The molecule has 0 amide bonds. The lowest BCUT2D eigenvalue weighted by Gasteiger charge is -2.31. The number of allylic oxidation sites excluding steroid dienone is 2. The predicted octanol–water partition coefficient (Wildman–Crippen LogP) is 1.68. The van der Waals surface area contributed by atoms with Crippen LogP contribution in [0.2, 0.25) is 0 Å². The van der Waals surface area contributed by atoms with Crippen LogP contribution in [-0.4, -0.2) is 16.2 Å². The molecule has 72 valence electrons. The molecule has 3 N–H and O–H groups in total. The Morgan fingerprint density at radius 1 is 1.50 bits per heavy atom. The summed E-state index contributed by atoms with van der Waals surface area (Å²) >= 11 is 0. The maximum Gasteiger partial charge on any atom is 0.0622 e. The molecule has 0 bridgehead atoms. The molecule has 0 spiro atoms. The van der Waals surface area contributed by atoms with Gasteiger partial charge in [-0.25, -0.2) is 0 Å². The van der Waals surface area contributed by atoms with E-state index in [-0.39, 0.29) is 5.48 Å². The van der Waals surface area contributed by atoms with Gasteiger partial charge in [-0.05, 0) is 46.0 Å². The summed E-state index contributed by atoms with van der Waals surface area (Å²) in [5.41, 5.74) is 0.988. The zero-order valence-electron chi connectivity index (χ0n) is 8.22. The van der Waals surface area contributed by atoms with Gasteiger partial charge in [0.05, 0.1) is 5.60 Å². The fraction of sp³-hybridized carbons (Fsp3) is 0.800. The molecule has 2 nitrogen and oxygen atoms in total. The Hall–Kier alpha value is -0.340. The minimum Gasteiger partial charge on any atom is -0.412 e. The molecule has 0 saturated carbocycles. The maximum atomic E-state index is 9.70. The molecule has 1 atom stereocenters. The Labute approximate surface area is 74.6 Å². The quantitative estimate of drug-likeness (QED) is 0.601. The van der Waals surface area contributed by atoms with E-state index in [9.17, 15) is 5.11 Å². The average Bonchev–Trinajstić information content (AvgIpc) is 1.86. The molecule has 0 saturated heterocycles. The van der Waals surface area contributed by atoms with Gasteiger partial charge in [0.15, 0.2) is 0 Å². The summed E-state index contributed by atoms with van der Waals surface area (Å²) in [5.74, 6) is 0.464. The van der Waals surface area contributed by atoms with Crippen LogP contribution in [0.1, 0.15) is 40.0 Å². The third-order valence-corrected chi connectivity index (χ3v) is 2.64. The molecule has 0 aliphatic heterocycles. The highest BCUT2D eigenvalue weighted by molar-refractivity contribution is 5.04. The van der Waals surface area contributed by atoms with Crippen LogP contribution >= 0.6 is 0 Å². The summed E-state index contributed by atoms with van der Waals surface area (Å²) in [6, 6.07) is 0. The molecule has 12 heavy (non-hydrogen) atoms. The van der Waals surface area contributed by atoms with Gasteiger partial charge in [-0.1, -0.05) is 11.6 Å². The molecule has 1 unspecified atom stereocenters. The first-order valence-electron chi connectivity index (χ1n) is 4.38. The van der Waals surface area contributed by atoms with Gasteiger partial charge in [-0.15, -0.1) is 0 Å². The van der Waals surface area contributed by atoms with E-state index in [1.165, 1.54) is 5.57 Å². The van der Waals surface area contributed by atoms with Crippen molar-refractivity contribution in [3.63, 3.8) is 0 Å². The van der Waals surface area contributed by atoms with Gasteiger partial charge in [0.25, 0.3) is 0 Å². The molecule has 0 aromatic rings. The van der Waals surface area contributed by atoms with Crippen LogP contribution in [0.25, 0.3) is 0 Å². The Balaban J connectivity index is 0.00000121. The van der Waals surface area contributed by atoms with Crippen LogP contribution in [0.5, 0.6) is 0 Å². The summed E-state index contributed by atoms with van der Waals surface area (Å²) in [6.07, 6.45) is 5.61. The number of rotatable bonds is 1. The first-order chi connectivity index (χ1) is 5.00. The monoisotopic (exact) mass is 172 g/mol. The Kier molecular flexibility index (Phi) is 3.94. The highest BCUT2D eigenvalue weighted by atomic mass is 16.3. The van der Waals surface area contributed by atoms with Crippen LogP contribution in [-0.2, 0) is 0 Å². The van der Waals surface area contributed by atoms with E-state index in [0.717, 1.165) is 19.3 Å². The molecule has 0 aromatic carbocycles. The lowest BCUT2D eigenvalue weighted by atomic mass is 9.80. The molecular weight excluding hydrogens is 152 g/mol. The first-order valence-corrected chi connectivity index (χ1v) is 4.38. The molecule has 1 aliphatic rings. The van der Waals surface area contributed by atoms with Gasteiger partial charge in [0, 0.05) is 0 Å². The Bertz CT molecular complexity index is 165. The largest absolute Gasteiger partial charge is 0.412 e. The van der Waals surface area contributed by atoms with Gasteiger partial charge >= 0.3 is 0 Å². The van der Waals surface area contributed by atoms with E-state index in [0.29, 0.717) is 5.92 Å². The van der Waals surface area contributed by atoms with E-state index in [2.05, 4.69) is 13.0 Å². The molecule has 0 aromatic heterocycles. The Morgan fingerprint density at radius 3 is 2.42 bits per heavy atom. The van der Waals surface area contributed by atoms with Crippen molar-refractivity contribution in [3.8, 4) is 0 Å². The van der Waals surface area contributed by atoms with Crippen molar-refractivity contribution in [2.24, 2.45) is 5.92 Å². The molecule has 1 rings (SSSR count). The fourth-order valence-corrected chi connectivity index (χ4v) is 1.61. The van der Waals surface area contributed by atoms with Crippen molar-refractivity contribution in [1.29, 1.82) is 0 Å². The van der Waals surface area contributed by atoms with Crippen LogP contribution in [0.15, 0.2) is 11.6 Å². The van der Waals surface area contributed by atoms with E-state index in [1.54, 1.807) is 0 Å². The van der Waals surface area contributed by atoms with E-state index < -0.39 is 5.60 Å². The molecular formula is C10H20O2. The molecule has 0 radical (unpaired) electrons. The van der Waals surface area contributed by atoms with E-state index in [1.807, 2.05) is 13.8 Å². The first kappa shape index (κ1) is 11.7. The van der Waals surface area contributed by atoms with Gasteiger partial charge in [0.2, 0.25) is 0 Å². The molecule has 1 aliphatic carbocycles. The van der Waals surface area contributed by atoms with Crippen LogP contribution in [0.4, 0.5) is 0 Å². The van der Waals surface area contributed by atoms with E-state index in [4.69, 9.17) is 0 Å². The maximum absolute atomic E-state index is 9.70. The second-order valence-electron chi connectivity index (χ2n) is 4.18. The van der Waals surface area contributed by atoms with Crippen LogP contribution in [0.3, 0.4) is 0 Å². The average molecular weight is 172 g/mol. The van der Waals surface area contributed by atoms with Crippen LogP contribution < -0.4 is 0 Å². The Morgan fingerprint density at radius 2 is 2.08 bits per heavy atom. The zero-order chi connectivity index (χ0) is 8.48. The second kappa shape index (κ2) is 4.06. The molecule has 0 fully saturated rings. The van der Waals surface area contributed by atoms with Crippen molar-refractivity contribution in [2.75, 3.05) is 0 Å². The summed E-state index contributed by atoms with van der Waals surface area (Å²) < 4.78 is 0.